The predicted octanol–water partition coefficient (Wildman–Crippen LogP) is 6.83. The van der Waals surface area contributed by atoms with Gasteiger partial charge in [0.25, 0.3) is 0 Å². The number of ether oxygens (including phenoxy) is 1. The van der Waals surface area contributed by atoms with E-state index >= 15 is 4.39 Å². The molecular weight excluding hydrogens is 404 g/mol. The van der Waals surface area contributed by atoms with Crippen molar-refractivity contribution >= 4 is 11.6 Å². The molecule has 152 valence electrons. The normalized spacial score (nSPS) is 15.0. The first-order valence-electron chi connectivity index (χ1n) is 9.95. The number of rotatable bonds is 5. The lowest BCUT2D eigenvalue weighted by Crippen LogP contribution is -2.03. The van der Waals surface area contributed by atoms with E-state index in [1.54, 1.807) is 0 Å². The summed E-state index contributed by atoms with van der Waals surface area (Å²) in [5.41, 5.74) is 3.11. The van der Waals surface area contributed by atoms with Crippen molar-refractivity contribution in [3.63, 3.8) is 0 Å². The van der Waals surface area contributed by atoms with Crippen LogP contribution in [-0.4, -0.2) is 6.61 Å². The minimum absolute atomic E-state index is 0.0144. The zero-order chi connectivity index (χ0) is 21.3. The molecule has 0 amide bonds. The number of hydrogen-bond acceptors (Lipinski definition) is 2. The number of halogens is 3. The molecule has 0 heterocycles. The molecule has 1 unspecified atom stereocenters. The van der Waals surface area contributed by atoms with Gasteiger partial charge in [0.1, 0.15) is 5.82 Å². The van der Waals surface area contributed by atoms with E-state index in [-0.39, 0.29) is 33.4 Å². The van der Waals surface area contributed by atoms with Crippen LogP contribution in [0.25, 0.3) is 11.1 Å². The molecule has 0 N–H and O–H groups in total. The smallest absolute Gasteiger partial charge is 0.174 e. The summed E-state index contributed by atoms with van der Waals surface area (Å²) in [4.78, 5) is 0. The van der Waals surface area contributed by atoms with Gasteiger partial charge in [0.15, 0.2) is 11.6 Å². The maximum absolute atomic E-state index is 15.5. The Hall–Kier alpha value is -2.90. The maximum atomic E-state index is 15.5. The molecule has 4 rings (SSSR count). The first-order chi connectivity index (χ1) is 14.5. The highest BCUT2D eigenvalue weighted by molar-refractivity contribution is 6.33. The summed E-state index contributed by atoms with van der Waals surface area (Å²) in [6, 6.07) is 16.4. The fraction of sp³-hybridized carbons (Fsp3) is 0.240. The van der Waals surface area contributed by atoms with Gasteiger partial charge in [-0.1, -0.05) is 48.9 Å². The van der Waals surface area contributed by atoms with Crippen molar-refractivity contribution in [2.24, 2.45) is 0 Å². The highest BCUT2D eigenvalue weighted by Crippen LogP contribution is 2.46. The molecule has 0 aliphatic heterocycles. The molecule has 0 bridgehead atoms. The van der Waals surface area contributed by atoms with Crippen molar-refractivity contribution in [1.29, 1.82) is 5.26 Å². The van der Waals surface area contributed by atoms with Gasteiger partial charge < -0.3 is 4.74 Å². The summed E-state index contributed by atoms with van der Waals surface area (Å²) in [5.74, 6) is -1.11. The van der Waals surface area contributed by atoms with Crippen LogP contribution >= 0.6 is 11.6 Å². The molecule has 0 aromatic heterocycles. The summed E-state index contributed by atoms with van der Waals surface area (Å²) in [5, 5.41) is 9.45. The molecule has 3 aromatic carbocycles. The van der Waals surface area contributed by atoms with Gasteiger partial charge in [0.2, 0.25) is 0 Å². The van der Waals surface area contributed by atoms with Crippen molar-refractivity contribution in [3.8, 4) is 22.9 Å². The molecule has 5 heteroatoms. The van der Waals surface area contributed by atoms with E-state index in [1.165, 1.54) is 18.2 Å². The molecular formula is C25H20ClF2NO. The Labute approximate surface area is 179 Å². The van der Waals surface area contributed by atoms with E-state index in [2.05, 4.69) is 0 Å². The van der Waals surface area contributed by atoms with Gasteiger partial charge >= 0.3 is 0 Å². The van der Waals surface area contributed by atoms with E-state index in [0.29, 0.717) is 25.9 Å². The summed E-state index contributed by atoms with van der Waals surface area (Å²) in [6.07, 6.45) is 1.94. The van der Waals surface area contributed by atoms with Crippen LogP contribution in [0.3, 0.4) is 0 Å². The van der Waals surface area contributed by atoms with Crippen LogP contribution in [0, 0.1) is 23.0 Å². The second-order valence-corrected chi connectivity index (χ2v) is 7.84. The predicted molar refractivity (Wildman–Crippen MR) is 114 cm³/mol. The van der Waals surface area contributed by atoms with E-state index < -0.39 is 11.6 Å². The highest BCUT2D eigenvalue weighted by atomic mass is 35.5. The number of hydrogen-bond donors (Lipinski definition) is 0. The Bertz CT molecular complexity index is 1140. The van der Waals surface area contributed by atoms with Gasteiger partial charge in [-0.05, 0) is 60.1 Å². The Balaban J connectivity index is 1.89. The van der Waals surface area contributed by atoms with Gasteiger partial charge in [-0.3, -0.25) is 0 Å². The average molecular weight is 424 g/mol. The van der Waals surface area contributed by atoms with Crippen molar-refractivity contribution in [2.45, 2.75) is 32.1 Å². The Morgan fingerprint density at radius 1 is 1.10 bits per heavy atom. The van der Waals surface area contributed by atoms with E-state index in [9.17, 15) is 9.65 Å². The lowest BCUT2D eigenvalue weighted by Gasteiger charge is -2.16. The van der Waals surface area contributed by atoms with Gasteiger partial charge in [-0.25, -0.2) is 8.78 Å². The maximum Gasteiger partial charge on any atom is 0.174 e. The van der Waals surface area contributed by atoms with Gasteiger partial charge in [0.05, 0.1) is 23.3 Å². The monoisotopic (exact) mass is 423 g/mol. The zero-order valence-corrected chi connectivity index (χ0v) is 17.3. The minimum Gasteiger partial charge on any atom is -0.491 e. The average Bonchev–Trinajstić information content (AvgIpc) is 3.18. The van der Waals surface area contributed by atoms with Gasteiger partial charge in [-0.2, -0.15) is 5.26 Å². The van der Waals surface area contributed by atoms with Crippen LogP contribution in [0.5, 0.6) is 5.75 Å². The molecule has 2 nitrogen and oxygen atoms in total. The topological polar surface area (TPSA) is 33.0 Å². The highest BCUT2D eigenvalue weighted by Gasteiger charge is 2.31. The molecule has 1 atom stereocenters. The van der Waals surface area contributed by atoms with Crippen LogP contribution in [0.4, 0.5) is 8.78 Å². The first-order valence-corrected chi connectivity index (χ1v) is 10.3. The van der Waals surface area contributed by atoms with Crippen molar-refractivity contribution in [1.82, 2.24) is 0 Å². The second-order valence-electron chi connectivity index (χ2n) is 7.46. The second kappa shape index (κ2) is 8.45. The number of nitriles is 1. The summed E-state index contributed by atoms with van der Waals surface area (Å²) >= 11 is 6.37. The summed E-state index contributed by atoms with van der Waals surface area (Å²) in [7, 11) is 0. The molecule has 1 aliphatic carbocycles. The SMILES string of the molecule is CCCOc1ccc(C#N)c(-c2c(Cl)c(F)cc3c2CC(c2ccccc2)C3)c1F. The minimum atomic E-state index is -0.680. The van der Waals surface area contributed by atoms with Crippen molar-refractivity contribution < 1.29 is 13.5 Å². The molecule has 0 spiro atoms. The largest absolute Gasteiger partial charge is 0.491 e. The Kier molecular flexibility index (Phi) is 5.74. The Morgan fingerprint density at radius 3 is 2.57 bits per heavy atom. The third-order valence-electron chi connectivity index (χ3n) is 5.55. The number of nitrogens with zero attached hydrogens (tertiary/aromatic N) is 1. The van der Waals surface area contributed by atoms with Crippen molar-refractivity contribution in [2.75, 3.05) is 6.61 Å². The molecule has 1 aliphatic rings. The lowest BCUT2D eigenvalue weighted by atomic mass is 9.91. The van der Waals surface area contributed by atoms with Crippen LogP contribution in [0.2, 0.25) is 5.02 Å². The van der Waals surface area contributed by atoms with Crippen molar-refractivity contribution in [3.05, 3.63) is 87.4 Å². The molecule has 0 radical (unpaired) electrons. The van der Waals surface area contributed by atoms with Gasteiger partial charge in [-0.15, -0.1) is 0 Å². The quantitative estimate of drug-likeness (QED) is 0.450. The number of benzene rings is 3. The number of fused-ring (bicyclic) bond motifs is 1. The van der Waals surface area contributed by atoms with Crippen LogP contribution in [-0.2, 0) is 12.8 Å². The lowest BCUT2D eigenvalue weighted by molar-refractivity contribution is 0.301. The summed E-state index contributed by atoms with van der Waals surface area (Å²) < 4.78 is 35.7. The van der Waals surface area contributed by atoms with E-state index in [1.807, 2.05) is 43.3 Å². The molecule has 0 saturated carbocycles. The molecule has 0 saturated heterocycles. The fourth-order valence-corrected chi connectivity index (χ4v) is 4.42. The fourth-order valence-electron chi connectivity index (χ4n) is 4.15. The zero-order valence-electron chi connectivity index (χ0n) is 16.5. The van der Waals surface area contributed by atoms with E-state index in [4.69, 9.17) is 16.3 Å². The van der Waals surface area contributed by atoms with Gasteiger partial charge in [0, 0.05) is 11.1 Å². The van der Waals surface area contributed by atoms with Crippen LogP contribution < -0.4 is 4.74 Å². The molecule has 0 fully saturated rings. The van der Waals surface area contributed by atoms with Crippen LogP contribution in [0.1, 0.15) is 41.5 Å². The third kappa shape index (κ3) is 3.55. The van der Waals surface area contributed by atoms with Crippen LogP contribution in [0.15, 0.2) is 48.5 Å². The Morgan fingerprint density at radius 2 is 1.87 bits per heavy atom. The summed E-state index contributed by atoms with van der Waals surface area (Å²) in [6.45, 7) is 2.26. The molecule has 3 aromatic rings. The first kappa shape index (κ1) is 20.4. The standard InChI is InChI=1S/C25H20ClF2NO/c1-2-10-30-21-9-8-16(14-29)22(25(21)28)23-19-12-17(15-6-4-3-5-7-15)11-18(19)13-20(27)24(23)26/h3-9,13,17H,2,10-12H2,1H3. The third-order valence-corrected chi connectivity index (χ3v) is 5.92. The molecule has 30 heavy (non-hydrogen) atoms. The van der Waals surface area contributed by atoms with E-state index in [0.717, 1.165) is 16.7 Å².